The van der Waals surface area contributed by atoms with Gasteiger partial charge in [-0.1, -0.05) is 18.2 Å². The van der Waals surface area contributed by atoms with Crippen molar-refractivity contribution in [2.75, 3.05) is 5.32 Å². The van der Waals surface area contributed by atoms with E-state index in [-0.39, 0.29) is 11.4 Å². The molecule has 7 nitrogen and oxygen atoms in total. The Bertz CT molecular complexity index is 1020. The molecule has 1 aromatic heterocycles. The van der Waals surface area contributed by atoms with Crippen LogP contribution < -0.4 is 5.32 Å². The van der Waals surface area contributed by atoms with Gasteiger partial charge < -0.3 is 10.1 Å². The molecule has 0 radical (unpaired) electrons. The minimum absolute atomic E-state index is 0.0312. The normalized spacial score (nSPS) is 11.7. The highest BCUT2D eigenvalue weighted by Gasteiger charge is 2.24. The molecular formula is C19H16F2N4O3. The number of hydrogen-bond donors (Lipinski definition) is 1. The number of esters is 1. The summed E-state index contributed by atoms with van der Waals surface area (Å²) >= 11 is 0. The van der Waals surface area contributed by atoms with Gasteiger partial charge in [-0.2, -0.15) is 9.90 Å². The summed E-state index contributed by atoms with van der Waals surface area (Å²) in [7, 11) is 0. The Morgan fingerprint density at radius 3 is 2.46 bits per heavy atom. The molecule has 1 atom stereocenters. The third-order valence-corrected chi connectivity index (χ3v) is 3.80. The Balaban J connectivity index is 1.67. The van der Waals surface area contributed by atoms with Crippen molar-refractivity contribution in [3.8, 4) is 5.69 Å². The number of carbonyl (C=O) groups excluding carboxylic acids is 2. The first kappa shape index (κ1) is 19.2. The molecule has 0 fully saturated rings. The zero-order valence-electron chi connectivity index (χ0n) is 15.0. The molecule has 0 aliphatic rings. The number of aryl methyl sites for hydroxylation is 1. The Morgan fingerprint density at radius 1 is 1.07 bits per heavy atom. The first-order valence-electron chi connectivity index (χ1n) is 8.31. The highest BCUT2D eigenvalue weighted by Crippen LogP contribution is 2.14. The average Bonchev–Trinajstić information content (AvgIpc) is 3.07. The number of anilines is 1. The van der Waals surface area contributed by atoms with Gasteiger partial charge in [0.25, 0.3) is 5.91 Å². The lowest BCUT2D eigenvalue weighted by atomic mass is 10.2. The van der Waals surface area contributed by atoms with E-state index >= 15 is 0 Å². The Hall–Kier alpha value is -3.62. The lowest BCUT2D eigenvalue weighted by Crippen LogP contribution is -2.30. The first-order valence-corrected chi connectivity index (χ1v) is 8.31. The van der Waals surface area contributed by atoms with Crippen molar-refractivity contribution in [1.29, 1.82) is 0 Å². The van der Waals surface area contributed by atoms with Crippen LogP contribution >= 0.6 is 0 Å². The van der Waals surface area contributed by atoms with Gasteiger partial charge in [-0.15, -0.1) is 5.10 Å². The van der Waals surface area contributed by atoms with Crippen LogP contribution in [0.4, 0.5) is 14.5 Å². The molecule has 0 bridgehead atoms. The molecule has 0 spiro atoms. The number of ether oxygens (including phenoxy) is 1. The van der Waals surface area contributed by atoms with E-state index < -0.39 is 29.6 Å². The Kier molecular flexibility index (Phi) is 5.44. The van der Waals surface area contributed by atoms with Crippen LogP contribution in [0.25, 0.3) is 5.69 Å². The van der Waals surface area contributed by atoms with Crippen LogP contribution in [0.15, 0.2) is 48.5 Å². The topological polar surface area (TPSA) is 86.1 Å². The molecule has 3 rings (SSSR count). The van der Waals surface area contributed by atoms with E-state index in [9.17, 15) is 18.4 Å². The number of aromatic nitrogens is 3. The van der Waals surface area contributed by atoms with Gasteiger partial charge in [0.15, 0.2) is 23.4 Å². The fourth-order valence-corrected chi connectivity index (χ4v) is 2.33. The van der Waals surface area contributed by atoms with Gasteiger partial charge in [0, 0.05) is 11.8 Å². The van der Waals surface area contributed by atoms with Gasteiger partial charge in [-0.25, -0.2) is 13.6 Å². The molecule has 0 aliphatic carbocycles. The second-order valence-electron chi connectivity index (χ2n) is 5.92. The summed E-state index contributed by atoms with van der Waals surface area (Å²) in [6.07, 6.45) is -1.19. The molecule has 144 valence electrons. The van der Waals surface area contributed by atoms with E-state index in [0.29, 0.717) is 11.4 Å². The molecular weight excluding hydrogens is 370 g/mol. The van der Waals surface area contributed by atoms with E-state index in [4.69, 9.17) is 4.74 Å². The van der Waals surface area contributed by atoms with Crippen molar-refractivity contribution in [3.05, 3.63) is 71.6 Å². The molecule has 3 aromatic rings. The lowest BCUT2D eigenvalue weighted by Gasteiger charge is -2.13. The van der Waals surface area contributed by atoms with Gasteiger partial charge in [-0.05, 0) is 38.1 Å². The van der Waals surface area contributed by atoms with Gasteiger partial charge in [-0.3, -0.25) is 4.79 Å². The highest BCUT2D eigenvalue weighted by molar-refractivity contribution is 5.97. The number of hydrogen-bond acceptors (Lipinski definition) is 5. The van der Waals surface area contributed by atoms with Gasteiger partial charge >= 0.3 is 5.97 Å². The third-order valence-electron chi connectivity index (χ3n) is 3.80. The van der Waals surface area contributed by atoms with Crippen molar-refractivity contribution >= 4 is 17.6 Å². The second kappa shape index (κ2) is 7.95. The number of amides is 1. The highest BCUT2D eigenvalue weighted by atomic mass is 19.2. The summed E-state index contributed by atoms with van der Waals surface area (Å²) in [4.78, 5) is 25.8. The molecule has 1 N–H and O–H groups in total. The number of nitrogens with one attached hydrogen (secondary N) is 1. The van der Waals surface area contributed by atoms with Crippen molar-refractivity contribution in [3.63, 3.8) is 0 Å². The summed E-state index contributed by atoms with van der Waals surface area (Å²) in [5.41, 5.74) is 1.00. The van der Waals surface area contributed by atoms with Gasteiger partial charge in [0.1, 0.15) is 0 Å². The molecule has 28 heavy (non-hydrogen) atoms. The maximum atomic E-state index is 13.2. The molecule has 1 heterocycles. The summed E-state index contributed by atoms with van der Waals surface area (Å²) in [5.74, 6) is -3.66. The molecule has 1 amide bonds. The summed E-state index contributed by atoms with van der Waals surface area (Å²) in [6.45, 7) is 2.94. The standard InChI is InChI=1S/C19H16F2N4O3/c1-11-17(24-25(23-11)14-6-4-3-5-7-14)19(27)28-12(2)18(26)22-13-8-9-15(20)16(21)10-13/h3-10,12H,1-2H3,(H,22,26)/t12-/m0/s1. The Labute approximate surface area is 158 Å². The van der Waals surface area contributed by atoms with E-state index in [1.165, 1.54) is 17.8 Å². The van der Waals surface area contributed by atoms with Crippen LogP contribution in [-0.4, -0.2) is 33.0 Å². The minimum Gasteiger partial charge on any atom is -0.448 e. The quantitative estimate of drug-likeness (QED) is 0.681. The lowest BCUT2D eigenvalue weighted by molar-refractivity contribution is -0.123. The summed E-state index contributed by atoms with van der Waals surface area (Å²) in [6, 6.07) is 11.9. The SMILES string of the molecule is Cc1nn(-c2ccccc2)nc1C(=O)O[C@@H](C)C(=O)Nc1ccc(F)c(F)c1. The number of carbonyl (C=O) groups is 2. The van der Waals surface area contributed by atoms with Crippen LogP contribution in [-0.2, 0) is 9.53 Å². The molecule has 0 saturated heterocycles. The zero-order chi connectivity index (χ0) is 20.3. The number of nitrogens with zero attached hydrogens (tertiary/aromatic N) is 3. The van der Waals surface area contributed by atoms with Crippen LogP contribution in [0.3, 0.4) is 0 Å². The number of benzene rings is 2. The maximum Gasteiger partial charge on any atom is 0.361 e. The summed E-state index contributed by atoms with van der Waals surface area (Å²) in [5, 5.41) is 10.6. The Morgan fingerprint density at radius 2 is 1.79 bits per heavy atom. The second-order valence-corrected chi connectivity index (χ2v) is 5.92. The predicted molar refractivity (Wildman–Crippen MR) is 96.0 cm³/mol. The molecule has 0 saturated carbocycles. The van der Waals surface area contributed by atoms with E-state index in [1.54, 1.807) is 31.2 Å². The predicted octanol–water partition coefficient (Wildman–Crippen LogP) is 3.04. The van der Waals surface area contributed by atoms with E-state index in [2.05, 4.69) is 15.5 Å². The van der Waals surface area contributed by atoms with Crippen molar-refractivity contribution in [2.45, 2.75) is 20.0 Å². The van der Waals surface area contributed by atoms with Crippen molar-refractivity contribution in [1.82, 2.24) is 15.0 Å². The third kappa shape index (κ3) is 4.20. The maximum absolute atomic E-state index is 13.2. The number of halogens is 2. The zero-order valence-corrected chi connectivity index (χ0v) is 15.0. The van der Waals surface area contributed by atoms with Crippen LogP contribution in [0, 0.1) is 18.6 Å². The number of para-hydroxylation sites is 1. The minimum atomic E-state index is -1.19. The summed E-state index contributed by atoms with van der Waals surface area (Å²) < 4.78 is 31.3. The fraction of sp³-hybridized carbons (Fsp3) is 0.158. The van der Waals surface area contributed by atoms with E-state index in [1.807, 2.05) is 6.07 Å². The van der Waals surface area contributed by atoms with Crippen molar-refractivity contribution < 1.29 is 23.1 Å². The molecule has 0 unspecified atom stereocenters. The average molecular weight is 386 g/mol. The molecule has 2 aromatic carbocycles. The van der Waals surface area contributed by atoms with Crippen molar-refractivity contribution in [2.24, 2.45) is 0 Å². The van der Waals surface area contributed by atoms with Gasteiger partial charge in [0.05, 0.1) is 11.4 Å². The number of rotatable bonds is 5. The monoisotopic (exact) mass is 386 g/mol. The van der Waals surface area contributed by atoms with Crippen LogP contribution in [0.1, 0.15) is 23.1 Å². The first-order chi connectivity index (χ1) is 13.3. The molecule has 0 aliphatic heterocycles. The fourth-order valence-electron chi connectivity index (χ4n) is 2.33. The molecule has 9 heteroatoms. The smallest absolute Gasteiger partial charge is 0.361 e. The van der Waals surface area contributed by atoms with Crippen LogP contribution in [0.2, 0.25) is 0 Å². The van der Waals surface area contributed by atoms with Gasteiger partial charge in [0.2, 0.25) is 0 Å². The van der Waals surface area contributed by atoms with E-state index in [0.717, 1.165) is 12.1 Å². The largest absolute Gasteiger partial charge is 0.448 e. The van der Waals surface area contributed by atoms with Crippen LogP contribution in [0.5, 0.6) is 0 Å².